The van der Waals surface area contributed by atoms with Crippen LogP contribution in [0.15, 0.2) is 120 Å². The molecule has 9 nitrogen and oxygen atoms in total. The highest BCUT2D eigenvalue weighted by atomic mass is 35.5. The molecule has 11 heteroatoms. The third-order valence-corrected chi connectivity index (χ3v) is 8.93. The second-order valence-corrected chi connectivity index (χ2v) is 12.4. The highest BCUT2D eigenvalue weighted by Gasteiger charge is 2.50. The van der Waals surface area contributed by atoms with Crippen LogP contribution in [0.3, 0.4) is 0 Å². The second kappa shape index (κ2) is 15.1. The van der Waals surface area contributed by atoms with Gasteiger partial charge in [0, 0.05) is 10.9 Å². The van der Waals surface area contributed by atoms with Crippen molar-refractivity contribution in [2.24, 2.45) is 0 Å². The minimum absolute atomic E-state index is 0.0530. The molecule has 0 saturated carbocycles. The number of hydrogen-bond donors (Lipinski definition) is 1. The van der Waals surface area contributed by atoms with E-state index in [-0.39, 0.29) is 11.5 Å². The standard InChI is InChI=1S/C35H34ClNO8S/c1-24-10-20-30(21-11-24)46(40,41)37-32(33(38)43-3)22-31(26-12-16-28(36)17-13-26)35(34(39)44-4,27-14-18-29(42-2)19-15-27)45-23-25-8-6-5-7-9-25/h5-22,31,37H,23H2,1-4H3/b32-22-. The zero-order valence-electron chi connectivity index (χ0n) is 25.7. The summed E-state index contributed by atoms with van der Waals surface area (Å²) in [5.74, 6) is -2.46. The Balaban J connectivity index is 2.01. The van der Waals surface area contributed by atoms with Crippen LogP contribution in [-0.4, -0.2) is 41.7 Å². The summed E-state index contributed by atoms with van der Waals surface area (Å²) >= 11 is 6.24. The van der Waals surface area contributed by atoms with E-state index >= 15 is 0 Å². The lowest BCUT2D eigenvalue weighted by atomic mass is 9.76. The predicted molar refractivity (Wildman–Crippen MR) is 174 cm³/mol. The van der Waals surface area contributed by atoms with E-state index in [1.54, 1.807) is 60.7 Å². The van der Waals surface area contributed by atoms with E-state index in [4.69, 9.17) is 30.5 Å². The number of esters is 2. The number of ether oxygens (including phenoxy) is 4. The van der Waals surface area contributed by atoms with Crippen molar-refractivity contribution in [2.45, 2.75) is 29.9 Å². The predicted octanol–water partition coefficient (Wildman–Crippen LogP) is 6.06. The van der Waals surface area contributed by atoms with E-state index in [0.717, 1.165) is 18.2 Å². The SMILES string of the molecule is COC(=O)/C(=C/C(c1ccc(Cl)cc1)C(OCc1ccccc1)(C(=O)OC)c1ccc(OC)cc1)NS(=O)(=O)c1ccc(C)cc1. The fourth-order valence-electron chi connectivity index (χ4n) is 4.88. The van der Waals surface area contributed by atoms with Crippen molar-refractivity contribution >= 4 is 33.6 Å². The van der Waals surface area contributed by atoms with E-state index in [1.165, 1.54) is 32.4 Å². The van der Waals surface area contributed by atoms with Gasteiger partial charge in [0.15, 0.2) is 0 Å². The summed E-state index contributed by atoms with van der Waals surface area (Å²) in [4.78, 5) is 27.3. The van der Waals surface area contributed by atoms with Crippen LogP contribution in [0.4, 0.5) is 0 Å². The molecule has 0 fully saturated rings. The summed E-state index contributed by atoms with van der Waals surface area (Å²) in [7, 11) is -0.429. The Kier molecular flexibility index (Phi) is 11.2. The number of carbonyl (C=O) groups is 2. The molecule has 0 saturated heterocycles. The average Bonchev–Trinajstić information content (AvgIpc) is 3.08. The van der Waals surface area contributed by atoms with Crippen LogP contribution in [0.1, 0.15) is 28.2 Å². The molecule has 0 spiro atoms. The maximum Gasteiger partial charge on any atom is 0.354 e. The number of aryl methyl sites for hydroxylation is 1. The summed E-state index contributed by atoms with van der Waals surface area (Å²) in [6.07, 6.45) is 1.30. The molecule has 0 radical (unpaired) electrons. The number of halogens is 1. The smallest absolute Gasteiger partial charge is 0.354 e. The number of carbonyl (C=O) groups excluding carboxylic acids is 2. The van der Waals surface area contributed by atoms with Crippen LogP contribution >= 0.6 is 11.6 Å². The Bertz CT molecular complexity index is 1780. The third kappa shape index (κ3) is 7.77. The molecular formula is C35H34ClNO8S. The van der Waals surface area contributed by atoms with E-state index < -0.39 is 39.2 Å². The summed E-state index contributed by atoms with van der Waals surface area (Å²) in [6.45, 7) is 1.77. The molecule has 240 valence electrons. The Morgan fingerprint density at radius 2 is 1.48 bits per heavy atom. The Labute approximate surface area is 273 Å². The Morgan fingerprint density at radius 3 is 2.04 bits per heavy atom. The van der Waals surface area contributed by atoms with Gasteiger partial charge in [0.05, 0.1) is 32.8 Å². The molecule has 4 aromatic rings. The summed E-state index contributed by atoms with van der Waals surface area (Å²) in [6, 6.07) is 28.4. The minimum atomic E-state index is -4.28. The Hall–Kier alpha value is -4.64. The van der Waals surface area contributed by atoms with Crippen molar-refractivity contribution in [3.05, 3.63) is 142 Å². The largest absolute Gasteiger partial charge is 0.497 e. The number of benzene rings is 4. The van der Waals surface area contributed by atoms with E-state index in [1.807, 2.05) is 37.3 Å². The topological polar surface area (TPSA) is 117 Å². The number of nitrogens with one attached hydrogen (secondary N) is 1. The summed E-state index contributed by atoms with van der Waals surface area (Å²) in [5.41, 5.74) is -0.0281. The van der Waals surface area contributed by atoms with Gasteiger partial charge < -0.3 is 18.9 Å². The lowest BCUT2D eigenvalue weighted by Gasteiger charge is -2.38. The van der Waals surface area contributed by atoms with Gasteiger partial charge in [0.25, 0.3) is 10.0 Å². The lowest BCUT2D eigenvalue weighted by molar-refractivity contribution is -0.176. The zero-order valence-corrected chi connectivity index (χ0v) is 27.3. The van der Waals surface area contributed by atoms with Gasteiger partial charge in [-0.25, -0.2) is 18.0 Å². The van der Waals surface area contributed by atoms with Crippen LogP contribution in [0.5, 0.6) is 5.75 Å². The zero-order chi connectivity index (χ0) is 33.3. The highest BCUT2D eigenvalue weighted by molar-refractivity contribution is 7.89. The average molecular weight is 664 g/mol. The van der Waals surface area contributed by atoms with Gasteiger partial charge in [-0.15, -0.1) is 0 Å². The molecule has 4 rings (SSSR count). The molecule has 0 amide bonds. The number of hydrogen-bond acceptors (Lipinski definition) is 8. The van der Waals surface area contributed by atoms with Crippen molar-refractivity contribution in [2.75, 3.05) is 21.3 Å². The number of sulfonamides is 1. The molecule has 0 aliphatic heterocycles. The first-order chi connectivity index (χ1) is 22.0. The molecule has 0 aliphatic carbocycles. The van der Waals surface area contributed by atoms with Gasteiger partial charge >= 0.3 is 11.9 Å². The molecule has 46 heavy (non-hydrogen) atoms. The molecule has 2 atom stereocenters. The molecule has 2 unspecified atom stereocenters. The van der Waals surface area contributed by atoms with Crippen LogP contribution in [0.25, 0.3) is 0 Å². The van der Waals surface area contributed by atoms with Gasteiger partial charge in [0.2, 0.25) is 5.60 Å². The van der Waals surface area contributed by atoms with Gasteiger partial charge in [-0.3, -0.25) is 4.72 Å². The minimum Gasteiger partial charge on any atom is -0.497 e. The lowest BCUT2D eigenvalue weighted by Crippen LogP contribution is -2.45. The number of rotatable bonds is 13. The van der Waals surface area contributed by atoms with Gasteiger partial charge in [0.1, 0.15) is 11.4 Å². The van der Waals surface area contributed by atoms with Crippen LogP contribution < -0.4 is 9.46 Å². The van der Waals surface area contributed by atoms with Crippen LogP contribution in [-0.2, 0) is 46.0 Å². The maximum absolute atomic E-state index is 14.2. The van der Waals surface area contributed by atoms with Crippen molar-refractivity contribution in [3.63, 3.8) is 0 Å². The molecule has 0 bridgehead atoms. The molecule has 0 aromatic heterocycles. The summed E-state index contributed by atoms with van der Waals surface area (Å²) < 4.78 is 51.7. The van der Waals surface area contributed by atoms with Crippen LogP contribution in [0.2, 0.25) is 5.02 Å². The fraction of sp³-hybridized carbons (Fsp3) is 0.200. The Morgan fingerprint density at radius 1 is 0.848 bits per heavy atom. The van der Waals surface area contributed by atoms with Crippen LogP contribution in [0, 0.1) is 6.92 Å². The first-order valence-corrected chi connectivity index (χ1v) is 16.0. The van der Waals surface area contributed by atoms with Crippen molar-refractivity contribution < 1.29 is 37.0 Å². The maximum atomic E-state index is 14.2. The van der Waals surface area contributed by atoms with E-state index in [2.05, 4.69) is 4.72 Å². The molecule has 1 N–H and O–H groups in total. The monoisotopic (exact) mass is 663 g/mol. The normalized spacial score (nSPS) is 13.6. The first kappa shape index (κ1) is 34.2. The van der Waals surface area contributed by atoms with Gasteiger partial charge in [-0.2, -0.15) is 0 Å². The van der Waals surface area contributed by atoms with Crippen molar-refractivity contribution in [3.8, 4) is 5.75 Å². The quantitative estimate of drug-likeness (QED) is 0.136. The highest BCUT2D eigenvalue weighted by Crippen LogP contribution is 2.44. The molecule has 0 heterocycles. The van der Waals surface area contributed by atoms with Crippen molar-refractivity contribution in [1.82, 2.24) is 4.72 Å². The molecular weight excluding hydrogens is 630 g/mol. The third-order valence-electron chi connectivity index (χ3n) is 7.30. The van der Waals surface area contributed by atoms with Gasteiger partial charge in [-0.1, -0.05) is 83.9 Å². The molecule has 0 aliphatic rings. The second-order valence-electron chi connectivity index (χ2n) is 10.2. The first-order valence-electron chi connectivity index (χ1n) is 14.1. The van der Waals surface area contributed by atoms with Crippen molar-refractivity contribution in [1.29, 1.82) is 0 Å². The molecule has 4 aromatic carbocycles. The van der Waals surface area contributed by atoms with E-state index in [0.29, 0.717) is 21.9 Å². The fourth-order valence-corrected chi connectivity index (χ4v) is 6.06. The number of methoxy groups -OCH3 is 3. The van der Waals surface area contributed by atoms with Gasteiger partial charge in [-0.05, 0) is 66.1 Å². The van der Waals surface area contributed by atoms with E-state index in [9.17, 15) is 18.0 Å². The summed E-state index contributed by atoms with van der Waals surface area (Å²) in [5, 5.41) is 0.415.